The van der Waals surface area contributed by atoms with Crippen molar-refractivity contribution in [3.8, 4) is 0 Å². The molecular formula is C15H20FN5O. The van der Waals surface area contributed by atoms with Crippen molar-refractivity contribution in [1.82, 2.24) is 25.0 Å². The molecule has 6 nitrogen and oxygen atoms in total. The number of aromatic nitrogens is 3. The van der Waals surface area contributed by atoms with Gasteiger partial charge in [-0.3, -0.25) is 14.4 Å². The van der Waals surface area contributed by atoms with Crippen molar-refractivity contribution >= 4 is 5.91 Å². The van der Waals surface area contributed by atoms with Gasteiger partial charge in [0.25, 0.3) is 0 Å². The van der Waals surface area contributed by atoms with E-state index in [-0.39, 0.29) is 11.7 Å². The van der Waals surface area contributed by atoms with Crippen LogP contribution in [0.15, 0.2) is 36.9 Å². The summed E-state index contributed by atoms with van der Waals surface area (Å²) in [6.45, 7) is 1.24. The summed E-state index contributed by atoms with van der Waals surface area (Å²) in [6, 6.07) is 5.56. The van der Waals surface area contributed by atoms with Crippen molar-refractivity contribution in [3.63, 3.8) is 0 Å². The molecule has 1 amide bonds. The van der Waals surface area contributed by atoms with Gasteiger partial charge in [0.15, 0.2) is 0 Å². The predicted octanol–water partition coefficient (Wildman–Crippen LogP) is 1.23. The molecule has 118 valence electrons. The van der Waals surface area contributed by atoms with Gasteiger partial charge in [0.1, 0.15) is 24.5 Å². The summed E-state index contributed by atoms with van der Waals surface area (Å²) < 4.78 is 14.7. The Morgan fingerprint density at radius 3 is 2.68 bits per heavy atom. The second kappa shape index (κ2) is 7.65. The van der Waals surface area contributed by atoms with Crippen LogP contribution in [0.25, 0.3) is 0 Å². The molecule has 0 aliphatic carbocycles. The van der Waals surface area contributed by atoms with E-state index >= 15 is 0 Å². The quantitative estimate of drug-likeness (QED) is 0.782. The van der Waals surface area contributed by atoms with Crippen LogP contribution in [0, 0.1) is 5.82 Å². The topological polar surface area (TPSA) is 63.1 Å². The zero-order valence-corrected chi connectivity index (χ0v) is 12.7. The molecular weight excluding hydrogens is 285 g/mol. The smallest absolute Gasteiger partial charge is 0.241 e. The maximum atomic E-state index is 13.0. The van der Waals surface area contributed by atoms with E-state index in [0.29, 0.717) is 13.1 Å². The van der Waals surface area contributed by atoms with E-state index in [2.05, 4.69) is 15.4 Å². The lowest BCUT2D eigenvalue weighted by atomic mass is 10.1. The molecule has 7 heteroatoms. The first kappa shape index (κ1) is 16.1. The summed E-state index contributed by atoms with van der Waals surface area (Å²) in [5, 5.41) is 6.90. The first-order valence-corrected chi connectivity index (χ1v) is 7.10. The number of nitrogens with zero attached hydrogens (tertiary/aromatic N) is 4. The van der Waals surface area contributed by atoms with Crippen molar-refractivity contribution in [2.75, 3.05) is 20.6 Å². The van der Waals surface area contributed by atoms with Gasteiger partial charge < -0.3 is 5.32 Å². The fourth-order valence-electron chi connectivity index (χ4n) is 2.23. The summed E-state index contributed by atoms with van der Waals surface area (Å²) >= 11 is 0. The van der Waals surface area contributed by atoms with E-state index < -0.39 is 6.04 Å². The molecule has 0 aliphatic heterocycles. The molecule has 1 aromatic heterocycles. The third-order valence-corrected chi connectivity index (χ3v) is 3.28. The Balaban J connectivity index is 1.88. The molecule has 1 N–H and O–H groups in total. The van der Waals surface area contributed by atoms with E-state index in [9.17, 15) is 9.18 Å². The number of likely N-dealkylation sites (N-methyl/N-ethyl adjacent to an activating group) is 1. The highest BCUT2D eigenvalue weighted by molar-refractivity contribution is 5.83. The van der Waals surface area contributed by atoms with E-state index in [1.54, 1.807) is 28.0 Å². The minimum atomic E-state index is -0.438. The minimum Gasteiger partial charge on any atom is -0.354 e. The number of benzene rings is 1. The third kappa shape index (κ3) is 4.36. The molecule has 2 aromatic rings. The van der Waals surface area contributed by atoms with Crippen molar-refractivity contribution < 1.29 is 9.18 Å². The lowest BCUT2D eigenvalue weighted by Gasteiger charge is -2.23. The number of nitrogens with one attached hydrogen (secondary N) is 1. The number of rotatable bonds is 7. The van der Waals surface area contributed by atoms with Gasteiger partial charge >= 0.3 is 0 Å². The SMILES string of the molecule is CN(C)C(C(=O)NCCCn1cncn1)c1ccc(F)cc1. The van der Waals surface area contributed by atoms with Crippen LogP contribution in [0.2, 0.25) is 0 Å². The Morgan fingerprint density at radius 1 is 1.36 bits per heavy atom. The molecule has 0 radical (unpaired) electrons. The second-order valence-corrected chi connectivity index (χ2v) is 5.22. The van der Waals surface area contributed by atoms with E-state index in [1.165, 1.54) is 18.5 Å². The van der Waals surface area contributed by atoms with Crippen molar-refractivity contribution in [2.24, 2.45) is 0 Å². The summed E-state index contributed by atoms with van der Waals surface area (Å²) in [5.74, 6) is -0.412. The molecule has 1 unspecified atom stereocenters. The van der Waals surface area contributed by atoms with Gasteiger partial charge in [-0.1, -0.05) is 12.1 Å². The molecule has 0 bridgehead atoms. The van der Waals surface area contributed by atoms with E-state index in [0.717, 1.165) is 12.0 Å². The molecule has 0 saturated heterocycles. The molecule has 0 aliphatic rings. The molecule has 1 aromatic carbocycles. The molecule has 22 heavy (non-hydrogen) atoms. The number of amides is 1. The van der Waals surface area contributed by atoms with Gasteiger partial charge in [0.05, 0.1) is 0 Å². The first-order chi connectivity index (χ1) is 10.6. The van der Waals surface area contributed by atoms with Crippen LogP contribution in [-0.4, -0.2) is 46.2 Å². The fraction of sp³-hybridized carbons (Fsp3) is 0.400. The van der Waals surface area contributed by atoms with Crippen LogP contribution < -0.4 is 5.32 Å². The van der Waals surface area contributed by atoms with Crippen LogP contribution in [0.4, 0.5) is 4.39 Å². The zero-order chi connectivity index (χ0) is 15.9. The number of halogens is 1. The Bertz CT molecular complexity index is 582. The largest absolute Gasteiger partial charge is 0.354 e. The van der Waals surface area contributed by atoms with Crippen molar-refractivity contribution in [3.05, 3.63) is 48.3 Å². The first-order valence-electron chi connectivity index (χ1n) is 7.10. The summed E-state index contributed by atoms with van der Waals surface area (Å²) in [6.07, 6.45) is 3.89. The summed E-state index contributed by atoms with van der Waals surface area (Å²) in [5.41, 5.74) is 0.764. The third-order valence-electron chi connectivity index (χ3n) is 3.28. The number of hydrogen-bond acceptors (Lipinski definition) is 4. The van der Waals surface area contributed by atoms with E-state index in [1.807, 2.05) is 14.1 Å². The highest BCUT2D eigenvalue weighted by atomic mass is 19.1. The van der Waals surface area contributed by atoms with Crippen LogP contribution in [0.1, 0.15) is 18.0 Å². The Morgan fingerprint density at radius 2 is 2.09 bits per heavy atom. The van der Waals surface area contributed by atoms with E-state index in [4.69, 9.17) is 0 Å². The van der Waals surface area contributed by atoms with Crippen LogP contribution >= 0.6 is 0 Å². The molecule has 0 fully saturated rings. The van der Waals surface area contributed by atoms with Crippen molar-refractivity contribution in [1.29, 1.82) is 0 Å². The normalized spacial score (nSPS) is 12.4. The number of carbonyl (C=O) groups is 1. The molecule has 2 rings (SSSR count). The van der Waals surface area contributed by atoms with Gasteiger partial charge in [-0.15, -0.1) is 0 Å². The Hall–Kier alpha value is -2.28. The average Bonchev–Trinajstić information content (AvgIpc) is 2.99. The van der Waals surface area contributed by atoms with Gasteiger partial charge in [-0.05, 0) is 38.2 Å². The van der Waals surface area contributed by atoms with Crippen LogP contribution in [-0.2, 0) is 11.3 Å². The summed E-state index contributed by atoms with van der Waals surface area (Å²) in [7, 11) is 3.64. The Kier molecular flexibility index (Phi) is 5.60. The number of aryl methyl sites for hydroxylation is 1. The Labute approximate surface area is 129 Å². The average molecular weight is 305 g/mol. The summed E-state index contributed by atoms with van der Waals surface area (Å²) in [4.78, 5) is 18.0. The monoisotopic (exact) mass is 305 g/mol. The molecule has 0 spiro atoms. The highest BCUT2D eigenvalue weighted by Gasteiger charge is 2.22. The highest BCUT2D eigenvalue weighted by Crippen LogP contribution is 2.18. The zero-order valence-electron chi connectivity index (χ0n) is 12.7. The maximum absolute atomic E-state index is 13.0. The van der Waals surface area contributed by atoms with Gasteiger partial charge in [-0.25, -0.2) is 9.37 Å². The lowest BCUT2D eigenvalue weighted by molar-refractivity contribution is -0.125. The minimum absolute atomic E-state index is 0.102. The van der Waals surface area contributed by atoms with Crippen LogP contribution in [0.5, 0.6) is 0 Å². The standard InChI is InChI=1S/C15H20FN5O/c1-20(2)14(12-4-6-13(16)7-5-12)15(22)18-8-3-9-21-11-17-10-19-21/h4-7,10-11,14H,3,8-9H2,1-2H3,(H,18,22). The maximum Gasteiger partial charge on any atom is 0.241 e. The molecule has 1 heterocycles. The predicted molar refractivity (Wildman–Crippen MR) is 80.5 cm³/mol. The van der Waals surface area contributed by atoms with Crippen molar-refractivity contribution in [2.45, 2.75) is 19.0 Å². The molecule has 0 saturated carbocycles. The number of carbonyl (C=O) groups excluding carboxylic acids is 1. The molecule has 1 atom stereocenters. The lowest BCUT2D eigenvalue weighted by Crippen LogP contribution is -2.37. The van der Waals surface area contributed by atoms with Gasteiger partial charge in [-0.2, -0.15) is 5.10 Å². The van der Waals surface area contributed by atoms with Gasteiger partial charge in [0.2, 0.25) is 5.91 Å². The van der Waals surface area contributed by atoms with Crippen LogP contribution in [0.3, 0.4) is 0 Å². The number of hydrogen-bond donors (Lipinski definition) is 1. The fourth-order valence-corrected chi connectivity index (χ4v) is 2.23. The second-order valence-electron chi connectivity index (χ2n) is 5.22. The van der Waals surface area contributed by atoms with Gasteiger partial charge in [0, 0.05) is 13.1 Å².